The summed E-state index contributed by atoms with van der Waals surface area (Å²) in [7, 11) is 1.78. The molecule has 1 aromatic rings. The first-order chi connectivity index (χ1) is 11.5. The SMILES string of the molecule is CN=C(NCCCOCC(C)C)NCCCc1nc(C(C)C)no1.I. The van der Waals surface area contributed by atoms with Gasteiger partial charge >= 0.3 is 0 Å². The number of aryl methyl sites for hydroxylation is 1. The molecule has 0 aliphatic carbocycles. The molecule has 0 bridgehead atoms. The van der Waals surface area contributed by atoms with Gasteiger partial charge in [0, 0.05) is 45.7 Å². The highest BCUT2D eigenvalue weighted by atomic mass is 127. The van der Waals surface area contributed by atoms with Crippen LogP contribution in [-0.2, 0) is 11.2 Å². The van der Waals surface area contributed by atoms with Crippen LogP contribution in [0.25, 0.3) is 0 Å². The third-order valence-electron chi connectivity index (χ3n) is 3.29. The molecule has 0 atom stereocenters. The summed E-state index contributed by atoms with van der Waals surface area (Å²) in [6, 6.07) is 0. The second-order valence-corrected chi connectivity index (χ2v) is 6.55. The monoisotopic (exact) mass is 467 g/mol. The molecule has 25 heavy (non-hydrogen) atoms. The molecule has 146 valence electrons. The van der Waals surface area contributed by atoms with Gasteiger partial charge in [0.1, 0.15) is 0 Å². The average Bonchev–Trinajstić information content (AvgIpc) is 3.01. The number of nitrogens with zero attached hydrogens (tertiary/aromatic N) is 3. The van der Waals surface area contributed by atoms with E-state index in [1.807, 2.05) is 0 Å². The van der Waals surface area contributed by atoms with Crippen molar-refractivity contribution >= 4 is 29.9 Å². The molecule has 0 fully saturated rings. The van der Waals surface area contributed by atoms with Crippen molar-refractivity contribution in [3.63, 3.8) is 0 Å². The molecular weight excluding hydrogens is 433 g/mol. The van der Waals surface area contributed by atoms with Gasteiger partial charge in [0.2, 0.25) is 5.89 Å². The summed E-state index contributed by atoms with van der Waals surface area (Å²) in [5, 5.41) is 10.5. The molecule has 0 aliphatic heterocycles. The Morgan fingerprint density at radius 3 is 2.40 bits per heavy atom. The first-order valence-electron chi connectivity index (χ1n) is 8.87. The lowest BCUT2D eigenvalue weighted by molar-refractivity contribution is 0.108. The largest absolute Gasteiger partial charge is 0.381 e. The van der Waals surface area contributed by atoms with E-state index in [0.717, 1.165) is 57.3 Å². The van der Waals surface area contributed by atoms with Crippen LogP contribution in [0, 0.1) is 5.92 Å². The van der Waals surface area contributed by atoms with Crippen LogP contribution < -0.4 is 10.6 Å². The van der Waals surface area contributed by atoms with Crippen molar-refractivity contribution < 1.29 is 9.26 Å². The van der Waals surface area contributed by atoms with Crippen molar-refractivity contribution in [3.05, 3.63) is 11.7 Å². The van der Waals surface area contributed by atoms with Gasteiger partial charge in [-0.25, -0.2) is 0 Å². The van der Waals surface area contributed by atoms with Gasteiger partial charge in [-0.2, -0.15) is 4.98 Å². The fourth-order valence-electron chi connectivity index (χ4n) is 1.97. The summed E-state index contributed by atoms with van der Waals surface area (Å²) in [6.07, 6.45) is 2.65. The lowest BCUT2D eigenvalue weighted by atomic mass is 10.2. The molecule has 1 aromatic heterocycles. The summed E-state index contributed by atoms with van der Waals surface area (Å²) in [5.74, 6) is 3.17. The summed E-state index contributed by atoms with van der Waals surface area (Å²) in [4.78, 5) is 8.58. The van der Waals surface area contributed by atoms with Crippen LogP contribution >= 0.6 is 24.0 Å². The molecule has 0 spiro atoms. The maximum atomic E-state index is 5.55. The van der Waals surface area contributed by atoms with Gasteiger partial charge in [-0.1, -0.05) is 32.9 Å². The predicted octanol–water partition coefficient (Wildman–Crippen LogP) is 2.97. The van der Waals surface area contributed by atoms with E-state index < -0.39 is 0 Å². The zero-order valence-corrected chi connectivity index (χ0v) is 18.5. The topological polar surface area (TPSA) is 84.6 Å². The number of hydrogen-bond acceptors (Lipinski definition) is 5. The van der Waals surface area contributed by atoms with Crippen LogP contribution in [0.4, 0.5) is 0 Å². The summed E-state index contributed by atoms with van der Waals surface area (Å²) < 4.78 is 10.8. The fourth-order valence-corrected chi connectivity index (χ4v) is 1.97. The lowest BCUT2D eigenvalue weighted by Gasteiger charge is -2.12. The molecule has 2 N–H and O–H groups in total. The molecule has 0 aliphatic rings. The van der Waals surface area contributed by atoms with Crippen LogP contribution in [0.1, 0.15) is 58.2 Å². The van der Waals surface area contributed by atoms with Crippen molar-refractivity contribution in [2.45, 2.75) is 52.9 Å². The van der Waals surface area contributed by atoms with Gasteiger partial charge in [-0.05, 0) is 18.8 Å². The normalized spacial score (nSPS) is 11.7. The molecule has 0 unspecified atom stereocenters. The molecule has 1 rings (SSSR count). The Morgan fingerprint density at radius 2 is 1.84 bits per heavy atom. The highest BCUT2D eigenvalue weighted by molar-refractivity contribution is 14.0. The Hall–Kier alpha value is -0.900. The molecule has 7 nitrogen and oxygen atoms in total. The van der Waals surface area contributed by atoms with Crippen LogP contribution in [0.5, 0.6) is 0 Å². The first-order valence-corrected chi connectivity index (χ1v) is 8.87. The maximum absolute atomic E-state index is 5.55. The number of aliphatic imine (C=N–C) groups is 1. The van der Waals surface area contributed by atoms with Crippen molar-refractivity contribution in [2.24, 2.45) is 10.9 Å². The smallest absolute Gasteiger partial charge is 0.226 e. The van der Waals surface area contributed by atoms with E-state index in [-0.39, 0.29) is 24.0 Å². The predicted molar refractivity (Wildman–Crippen MR) is 112 cm³/mol. The molecule has 0 saturated carbocycles. The number of ether oxygens (including phenoxy) is 1. The summed E-state index contributed by atoms with van der Waals surface area (Å²) in [6.45, 7) is 11.7. The van der Waals surface area contributed by atoms with Gasteiger partial charge in [0.15, 0.2) is 11.8 Å². The first kappa shape index (κ1) is 24.1. The third kappa shape index (κ3) is 11.4. The van der Waals surface area contributed by atoms with E-state index in [1.165, 1.54) is 0 Å². The lowest BCUT2D eigenvalue weighted by Crippen LogP contribution is -2.38. The molecule has 0 amide bonds. The number of hydrogen-bond donors (Lipinski definition) is 2. The highest BCUT2D eigenvalue weighted by Gasteiger charge is 2.09. The Kier molecular flexibility index (Phi) is 13.8. The van der Waals surface area contributed by atoms with E-state index in [2.05, 4.69) is 53.5 Å². The maximum Gasteiger partial charge on any atom is 0.226 e. The molecule has 1 heterocycles. The van der Waals surface area contributed by atoms with Crippen molar-refractivity contribution in [3.8, 4) is 0 Å². The van der Waals surface area contributed by atoms with E-state index in [9.17, 15) is 0 Å². The van der Waals surface area contributed by atoms with Gasteiger partial charge < -0.3 is 19.9 Å². The zero-order chi connectivity index (χ0) is 17.8. The van der Waals surface area contributed by atoms with Gasteiger partial charge in [0.25, 0.3) is 0 Å². The molecule has 0 saturated heterocycles. The minimum Gasteiger partial charge on any atom is -0.381 e. The van der Waals surface area contributed by atoms with Crippen molar-refractivity contribution in [2.75, 3.05) is 33.4 Å². The second-order valence-electron chi connectivity index (χ2n) is 6.55. The van der Waals surface area contributed by atoms with Crippen LogP contribution in [0.3, 0.4) is 0 Å². The van der Waals surface area contributed by atoms with E-state index in [0.29, 0.717) is 17.7 Å². The fraction of sp³-hybridized carbons (Fsp3) is 0.824. The number of aromatic nitrogens is 2. The molecule has 8 heteroatoms. The Labute approximate surface area is 168 Å². The highest BCUT2D eigenvalue weighted by Crippen LogP contribution is 2.10. The van der Waals surface area contributed by atoms with E-state index in [1.54, 1.807) is 7.05 Å². The number of guanidine groups is 1. The molecule has 0 radical (unpaired) electrons. The summed E-state index contributed by atoms with van der Waals surface area (Å²) >= 11 is 0. The Balaban J connectivity index is 0.00000576. The van der Waals surface area contributed by atoms with E-state index >= 15 is 0 Å². The van der Waals surface area contributed by atoms with Gasteiger partial charge in [-0.3, -0.25) is 4.99 Å². The Morgan fingerprint density at radius 1 is 1.16 bits per heavy atom. The van der Waals surface area contributed by atoms with Crippen molar-refractivity contribution in [1.29, 1.82) is 0 Å². The second kappa shape index (κ2) is 14.3. The van der Waals surface area contributed by atoms with Crippen molar-refractivity contribution in [1.82, 2.24) is 20.8 Å². The quantitative estimate of drug-likeness (QED) is 0.225. The molecular formula is C17H34IN5O2. The van der Waals surface area contributed by atoms with Crippen LogP contribution in [0.15, 0.2) is 9.52 Å². The zero-order valence-electron chi connectivity index (χ0n) is 16.2. The minimum absolute atomic E-state index is 0. The van der Waals surface area contributed by atoms with Gasteiger partial charge in [-0.15, -0.1) is 24.0 Å². The average molecular weight is 467 g/mol. The van der Waals surface area contributed by atoms with E-state index in [4.69, 9.17) is 9.26 Å². The van der Waals surface area contributed by atoms with Gasteiger partial charge in [0.05, 0.1) is 0 Å². The molecule has 0 aromatic carbocycles. The Bertz CT molecular complexity index is 477. The standard InChI is InChI=1S/C17H33N5O2.HI/c1-13(2)12-23-11-7-10-20-17(18-5)19-9-6-8-15-21-16(14(3)4)22-24-15;/h13-14H,6-12H2,1-5H3,(H2,18,19,20);1H. The van der Waals surface area contributed by atoms with Crippen LogP contribution in [-0.4, -0.2) is 49.5 Å². The number of halogens is 1. The summed E-state index contributed by atoms with van der Waals surface area (Å²) in [5.41, 5.74) is 0. The van der Waals surface area contributed by atoms with Crippen LogP contribution in [0.2, 0.25) is 0 Å². The minimum atomic E-state index is 0. The third-order valence-corrected chi connectivity index (χ3v) is 3.29. The number of rotatable bonds is 11. The number of nitrogens with one attached hydrogen (secondary N) is 2.